The monoisotopic (exact) mass is 238 g/mol. The third-order valence-corrected chi connectivity index (χ3v) is 2.46. The summed E-state index contributed by atoms with van der Waals surface area (Å²) in [6.45, 7) is 2.42. The molecule has 1 saturated heterocycles. The van der Waals surface area contributed by atoms with Crippen molar-refractivity contribution >= 4 is 17.8 Å². The van der Waals surface area contributed by atoms with E-state index in [0.29, 0.717) is 18.7 Å². The normalized spacial score (nSPS) is 19.6. The summed E-state index contributed by atoms with van der Waals surface area (Å²) in [7, 11) is 0. The molecule has 7 nitrogen and oxygen atoms in total. The van der Waals surface area contributed by atoms with Crippen LogP contribution in [0.25, 0.3) is 0 Å². The van der Waals surface area contributed by atoms with Crippen molar-refractivity contribution in [3.63, 3.8) is 0 Å². The van der Waals surface area contributed by atoms with Gasteiger partial charge in [0.1, 0.15) is 6.04 Å². The second kappa shape index (κ2) is 4.86. The molecule has 3 amide bonds. The van der Waals surface area contributed by atoms with Crippen molar-refractivity contribution in [2.24, 2.45) is 0 Å². The quantitative estimate of drug-likeness (QED) is 0.694. The molecule has 0 radical (unpaired) electrons. The van der Waals surface area contributed by atoms with Crippen molar-refractivity contribution in [1.29, 1.82) is 0 Å². The number of piperidine rings is 1. The number of carbonyl (C=O) groups is 2. The maximum absolute atomic E-state index is 11.5. The summed E-state index contributed by atoms with van der Waals surface area (Å²) in [5.41, 5.74) is 0.677. The lowest BCUT2D eigenvalue weighted by molar-refractivity contribution is -0.124. The number of carbonyl (C=O) groups excluding carboxylic acids is 2. The molecular formula is C10H14N4O3. The summed E-state index contributed by atoms with van der Waals surface area (Å²) in [5.74, 6) is 0.108. The first-order valence-corrected chi connectivity index (χ1v) is 5.44. The van der Waals surface area contributed by atoms with Gasteiger partial charge >= 0.3 is 6.03 Å². The zero-order valence-corrected chi connectivity index (χ0v) is 9.45. The Morgan fingerprint density at radius 1 is 1.65 bits per heavy atom. The summed E-state index contributed by atoms with van der Waals surface area (Å²) in [6.07, 6.45) is 1.51. The smallest absolute Gasteiger partial charge is 0.322 e. The first-order valence-electron chi connectivity index (χ1n) is 5.44. The van der Waals surface area contributed by atoms with Gasteiger partial charge in [0.15, 0.2) is 0 Å². The van der Waals surface area contributed by atoms with Crippen molar-refractivity contribution in [2.75, 3.05) is 11.9 Å². The average Bonchev–Trinajstić information content (AvgIpc) is 2.67. The van der Waals surface area contributed by atoms with Crippen molar-refractivity contribution in [3.8, 4) is 0 Å². The lowest BCUT2D eigenvalue weighted by Gasteiger charge is -2.22. The van der Waals surface area contributed by atoms with Gasteiger partial charge in [-0.2, -0.15) is 0 Å². The molecule has 1 fully saturated rings. The Labute approximate surface area is 97.9 Å². The van der Waals surface area contributed by atoms with Crippen LogP contribution in [0.15, 0.2) is 10.6 Å². The van der Waals surface area contributed by atoms with E-state index in [4.69, 9.17) is 4.52 Å². The Balaban J connectivity index is 1.86. The largest absolute Gasteiger partial charge is 0.354 e. The molecule has 17 heavy (non-hydrogen) atoms. The van der Waals surface area contributed by atoms with Crippen molar-refractivity contribution in [2.45, 2.75) is 25.8 Å². The fourth-order valence-corrected chi connectivity index (χ4v) is 1.64. The average molecular weight is 238 g/mol. The number of amides is 3. The molecule has 1 aromatic rings. The van der Waals surface area contributed by atoms with Crippen molar-refractivity contribution in [1.82, 2.24) is 15.8 Å². The first-order chi connectivity index (χ1) is 8.15. The summed E-state index contributed by atoms with van der Waals surface area (Å²) < 4.78 is 4.83. The zero-order chi connectivity index (χ0) is 12.3. The predicted octanol–water partition coefficient (Wildman–Crippen LogP) is 0.383. The van der Waals surface area contributed by atoms with E-state index in [1.54, 1.807) is 13.0 Å². The first kappa shape index (κ1) is 11.4. The minimum Gasteiger partial charge on any atom is -0.354 e. The molecule has 0 bridgehead atoms. The molecule has 0 spiro atoms. The van der Waals surface area contributed by atoms with Crippen LogP contribution in [0.1, 0.15) is 18.5 Å². The predicted molar refractivity (Wildman–Crippen MR) is 59.4 cm³/mol. The highest BCUT2D eigenvalue weighted by molar-refractivity contribution is 5.93. The van der Waals surface area contributed by atoms with Crippen LogP contribution >= 0.6 is 0 Å². The summed E-state index contributed by atoms with van der Waals surface area (Å²) in [5, 5.41) is 11.4. The SMILES string of the molecule is Cc1cc(NC(=O)NC2CCCNC2=O)on1. The van der Waals surface area contributed by atoms with E-state index in [1.165, 1.54) is 0 Å². The van der Waals surface area contributed by atoms with E-state index in [1.807, 2.05) is 0 Å². The Hall–Kier alpha value is -2.05. The molecule has 1 aliphatic heterocycles. The van der Waals surface area contributed by atoms with E-state index in [2.05, 4.69) is 21.1 Å². The number of anilines is 1. The molecule has 7 heteroatoms. The maximum atomic E-state index is 11.5. The highest BCUT2D eigenvalue weighted by Crippen LogP contribution is 2.08. The van der Waals surface area contributed by atoms with Crippen LogP contribution in [0, 0.1) is 6.92 Å². The molecule has 0 aliphatic carbocycles. The van der Waals surface area contributed by atoms with Gasteiger partial charge < -0.3 is 15.2 Å². The fourth-order valence-electron chi connectivity index (χ4n) is 1.64. The lowest BCUT2D eigenvalue weighted by atomic mass is 10.1. The Bertz CT molecular complexity index is 429. The molecule has 1 aliphatic rings. The zero-order valence-electron chi connectivity index (χ0n) is 9.45. The number of nitrogens with one attached hydrogen (secondary N) is 3. The number of hydrogen-bond donors (Lipinski definition) is 3. The van der Waals surface area contributed by atoms with Crippen LogP contribution in [0.4, 0.5) is 10.7 Å². The van der Waals surface area contributed by atoms with Crippen molar-refractivity contribution < 1.29 is 14.1 Å². The summed E-state index contributed by atoms with van der Waals surface area (Å²) in [6, 6.07) is 0.650. The minimum atomic E-state index is -0.479. The Kier molecular flexibility index (Phi) is 3.27. The van der Waals surface area contributed by atoms with Crippen LogP contribution in [-0.4, -0.2) is 29.7 Å². The van der Waals surface area contributed by atoms with Crippen LogP contribution in [0.2, 0.25) is 0 Å². The van der Waals surface area contributed by atoms with Crippen LogP contribution in [-0.2, 0) is 4.79 Å². The van der Waals surface area contributed by atoms with Gasteiger partial charge in [-0.1, -0.05) is 5.16 Å². The van der Waals surface area contributed by atoms with Gasteiger partial charge in [-0.15, -0.1) is 0 Å². The Morgan fingerprint density at radius 3 is 3.12 bits per heavy atom. The third-order valence-electron chi connectivity index (χ3n) is 2.46. The highest BCUT2D eigenvalue weighted by atomic mass is 16.5. The summed E-state index contributed by atoms with van der Waals surface area (Å²) >= 11 is 0. The van der Waals surface area contributed by atoms with Gasteiger partial charge in [0.2, 0.25) is 11.8 Å². The molecule has 2 rings (SSSR count). The molecule has 0 aromatic carbocycles. The number of rotatable bonds is 2. The number of aromatic nitrogens is 1. The van der Waals surface area contributed by atoms with E-state index in [-0.39, 0.29) is 11.8 Å². The lowest BCUT2D eigenvalue weighted by Crippen LogP contribution is -2.51. The van der Waals surface area contributed by atoms with E-state index in [9.17, 15) is 9.59 Å². The van der Waals surface area contributed by atoms with E-state index < -0.39 is 12.1 Å². The standard InChI is InChI=1S/C10H14N4O3/c1-6-5-8(17-14-6)13-10(16)12-7-3-2-4-11-9(7)15/h5,7H,2-4H2,1H3,(H,11,15)(H2,12,13,16). The number of nitrogens with zero attached hydrogens (tertiary/aromatic N) is 1. The topological polar surface area (TPSA) is 96.3 Å². The number of aryl methyl sites for hydroxylation is 1. The molecular weight excluding hydrogens is 224 g/mol. The van der Waals surface area contributed by atoms with Crippen molar-refractivity contribution in [3.05, 3.63) is 11.8 Å². The molecule has 92 valence electrons. The van der Waals surface area contributed by atoms with Crippen LogP contribution in [0.3, 0.4) is 0 Å². The molecule has 2 heterocycles. The van der Waals surface area contributed by atoms with Gasteiger partial charge in [0.05, 0.1) is 5.69 Å². The van der Waals surface area contributed by atoms with E-state index >= 15 is 0 Å². The van der Waals surface area contributed by atoms with Crippen LogP contribution < -0.4 is 16.0 Å². The maximum Gasteiger partial charge on any atom is 0.322 e. The molecule has 1 atom stereocenters. The molecule has 1 aromatic heterocycles. The van der Waals surface area contributed by atoms with E-state index in [0.717, 1.165) is 6.42 Å². The van der Waals surface area contributed by atoms with Gasteiger partial charge in [-0.05, 0) is 19.8 Å². The fraction of sp³-hybridized carbons (Fsp3) is 0.500. The minimum absolute atomic E-state index is 0.153. The second-order valence-electron chi connectivity index (χ2n) is 3.92. The molecule has 0 saturated carbocycles. The van der Waals surface area contributed by atoms with Gasteiger partial charge in [0, 0.05) is 12.6 Å². The van der Waals surface area contributed by atoms with Gasteiger partial charge in [-0.3, -0.25) is 10.1 Å². The number of urea groups is 1. The Morgan fingerprint density at radius 2 is 2.47 bits per heavy atom. The highest BCUT2D eigenvalue weighted by Gasteiger charge is 2.23. The third kappa shape index (κ3) is 2.96. The van der Waals surface area contributed by atoms with Gasteiger partial charge in [0.25, 0.3) is 0 Å². The summed E-state index contributed by atoms with van der Waals surface area (Å²) in [4.78, 5) is 22.9. The molecule has 3 N–H and O–H groups in total. The second-order valence-corrected chi connectivity index (χ2v) is 3.92. The van der Waals surface area contributed by atoms with Gasteiger partial charge in [-0.25, -0.2) is 4.79 Å². The van der Waals surface area contributed by atoms with Crippen LogP contribution in [0.5, 0.6) is 0 Å². The molecule has 1 unspecified atom stereocenters. The number of hydrogen-bond acceptors (Lipinski definition) is 4.